The van der Waals surface area contributed by atoms with Crippen LogP contribution in [0.25, 0.3) is 0 Å². The van der Waals surface area contributed by atoms with Crippen molar-refractivity contribution in [1.29, 1.82) is 0 Å². The summed E-state index contributed by atoms with van der Waals surface area (Å²) in [5.74, 6) is 2.92. The molecule has 0 heterocycles. The largest absolute Gasteiger partial charge is 0.466 e. The van der Waals surface area contributed by atoms with E-state index in [1.54, 1.807) is 0 Å². The molecular formula is C32H63NO2. The molecule has 0 aromatic heterocycles. The van der Waals surface area contributed by atoms with Gasteiger partial charge in [-0.15, -0.1) is 0 Å². The van der Waals surface area contributed by atoms with Crippen LogP contribution in [0.2, 0.25) is 0 Å². The number of esters is 1. The summed E-state index contributed by atoms with van der Waals surface area (Å²) in [6.45, 7) is 5.98. The molecular weight excluding hydrogens is 430 g/mol. The lowest BCUT2D eigenvalue weighted by atomic mass is 9.93. The van der Waals surface area contributed by atoms with Crippen molar-refractivity contribution in [3.05, 3.63) is 0 Å². The molecule has 35 heavy (non-hydrogen) atoms. The number of hydrogen-bond donors (Lipinski definition) is 0. The van der Waals surface area contributed by atoms with E-state index >= 15 is 0 Å². The normalized spacial score (nSPS) is 18.2. The minimum atomic E-state index is -0.0197. The van der Waals surface area contributed by atoms with E-state index in [4.69, 9.17) is 4.74 Å². The summed E-state index contributed by atoms with van der Waals surface area (Å²) in [5, 5.41) is 0. The molecule has 0 amide bonds. The molecule has 1 rings (SSSR count). The van der Waals surface area contributed by atoms with Crippen molar-refractivity contribution in [1.82, 2.24) is 4.90 Å². The summed E-state index contributed by atoms with van der Waals surface area (Å²) in [5.41, 5.74) is 0. The number of rotatable bonds is 26. The second kappa shape index (κ2) is 22.6. The number of carbonyl (C=O) groups excluding carboxylic acids is 1. The zero-order valence-corrected chi connectivity index (χ0v) is 24.5. The predicted molar refractivity (Wildman–Crippen MR) is 153 cm³/mol. The number of ether oxygens (including phenoxy) is 1. The Kier molecular flexibility index (Phi) is 21.0. The third-order valence-electron chi connectivity index (χ3n) is 8.11. The van der Waals surface area contributed by atoms with Gasteiger partial charge in [0, 0.05) is 13.0 Å². The Bertz CT molecular complexity index is 478. The molecule has 0 aromatic rings. The molecule has 0 aliphatic heterocycles. The van der Waals surface area contributed by atoms with Crippen molar-refractivity contribution in [2.45, 2.75) is 155 Å². The molecule has 3 nitrogen and oxygen atoms in total. The molecule has 3 heteroatoms. The van der Waals surface area contributed by atoms with Crippen LogP contribution >= 0.6 is 0 Å². The molecule has 3 unspecified atom stereocenters. The first kappa shape index (κ1) is 32.5. The zero-order chi connectivity index (χ0) is 25.6. The highest BCUT2D eigenvalue weighted by Crippen LogP contribution is 2.45. The van der Waals surface area contributed by atoms with E-state index in [9.17, 15) is 4.79 Å². The maximum atomic E-state index is 11.4. The number of nitrogens with zero attached hydrogens (tertiary/aromatic N) is 1. The van der Waals surface area contributed by atoms with Gasteiger partial charge >= 0.3 is 5.97 Å². The Morgan fingerprint density at radius 1 is 0.714 bits per heavy atom. The monoisotopic (exact) mass is 493 g/mol. The Labute approximate surface area is 220 Å². The molecule has 0 radical (unpaired) electrons. The van der Waals surface area contributed by atoms with Gasteiger partial charge in [0.05, 0.1) is 6.61 Å². The molecule has 1 fully saturated rings. The van der Waals surface area contributed by atoms with Crippen molar-refractivity contribution in [3.8, 4) is 0 Å². The van der Waals surface area contributed by atoms with Crippen LogP contribution < -0.4 is 0 Å². The lowest BCUT2D eigenvalue weighted by Gasteiger charge is -2.21. The highest BCUT2D eigenvalue weighted by atomic mass is 16.5. The maximum Gasteiger partial charge on any atom is 0.305 e. The smallest absolute Gasteiger partial charge is 0.305 e. The lowest BCUT2D eigenvalue weighted by Crippen LogP contribution is -2.21. The van der Waals surface area contributed by atoms with Crippen LogP contribution in [0, 0.1) is 17.8 Å². The van der Waals surface area contributed by atoms with Crippen LogP contribution in [-0.2, 0) is 9.53 Å². The van der Waals surface area contributed by atoms with Gasteiger partial charge in [0.25, 0.3) is 0 Å². The fourth-order valence-corrected chi connectivity index (χ4v) is 5.88. The van der Waals surface area contributed by atoms with E-state index < -0.39 is 0 Å². The van der Waals surface area contributed by atoms with Gasteiger partial charge in [-0.2, -0.15) is 0 Å². The van der Waals surface area contributed by atoms with E-state index in [1.807, 2.05) is 6.92 Å². The van der Waals surface area contributed by atoms with Crippen LogP contribution in [-0.4, -0.2) is 38.1 Å². The van der Waals surface area contributed by atoms with E-state index in [0.717, 1.165) is 24.2 Å². The van der Waals surface area contributed by atoms with Crippen LogP contribution in [0.5, 0.6) is 0 Å². The van der Waals surface area contributed by atoms with Crippen LogP contribution in [0.1, 0.15) is 155 Å². The van der Waals surface area contributed by atoms with Crippen molar-refractivity contribution in [3.63, 3.8) is 0 Å². The molecule has 1 saturated carbocycles. The van der Waals surface area contributed by atoms with E-state index in [0.29, 0.717) is 13.0 Å². The molecule has 208 valence electrons. The first-order chi connectivity index (χ1) is 17.1. The van der Waals surface area contributed by atoms with Gasteiger partial charge in [0.1, 0.15) is 0 Å². The predicted octanol–water partition coefficient (Wildman–Crippen LogP) is 9.58. The quantitative estimate of drug-likeness (QED) is 0.0887. The highest BCUT2D eigenvalue weighted by molar-refractivity contribution is 5.69. The third-order valence-corrected chi connectivity index (χ3v) is 8.11. The second-order valence-corrected chi connectivity index (χ2v) is 11.9. The summed E-state index contributed by atoms with van der Waals surface area (Å²) in [7, 11) is 4.49. The topological polar surface area (TPSA) is 29.5 Å². The second-order valence-electron chi connectivity index (χ2n) is 11.9. The summed E-state index contributed by atoms with van der Waals surface area (Å²) in [6, 6.07) is 0. The first-order valence-corrected chi connectivity index (χ1v) is 15.9. The zero-order valence-electron chi connectivity index (χ0n) is 24.5. The molecule has 0 spiro atoms. The van der Waals surface area contributed by atoms with Gasteiger partial charge in [0.15, 0.2) is 0 Å². The fourth-order valence-electron chi connectivity index (χ4n) is 5.88. The first-order valence-electron chi connectivity index (χ1n) is 15.9. The summed E-state index contributed by atoms with van der Waals surface area (Å²) in [6.07, 6.45) is 30.0. The molecule has 1 aliphatic rings. The molecule has 3 atom stereocenters. The Morgan fingerprint density at radius 2 is 1.20 bits per heavy atom. The minimum absolute atomic E-state index is 0.0197. The highest BCUT2D eigenvalue weighted by Gasteiger charge is 2.35. The lowest BCUT2D eigenvalue weighted by molar-refractivity contribution is -0.143. The Morgan fingerprint density at radius 3 is 1.71 bits per heavy atom. The van der Waals surface area contributed by atoms with E-state index in [-0.39, 0.29) is 5.97 Å². The van der Waals surface area contributed by atoms with E-state index in [2.05, 4.69) is 25.9 Å². The van der Waals surface area contributed by atoms with Gasteiger partial charge in [-0.05, 0) is 64.5 Å². The summed E-state index contributed by atoms with van der Waals surface area (Å²) in [4.78, 5) is 13.8. The van der Waals surface area contributed by atoms with Crippen molar-refractivity contribution >= 4 is 5.97 Å². The third kappa shape index (κ3) is 20.2. The van der Waals surface area contributed by atoms with Gasteiger partial charge < -0.3 is 9.64 Å². The molecule has 0 saturated heterocycles. The average Bonchev–Trinajstić information content (AvgIpc) is 3.57. The van der Waals surface area contributed by atoms with Crippen molar-refractivity contribution < 1.29 is 9.53 Å². The summed E-state index contributed by atoms with van der Waals surface area (Å²) >= 11 is 0. The van der Waals surface area contributed by atoms with Crippen LogP contribution in [0.15, 0.2) is 0 Å². The number of hydrogen-bond acceptors (Lipinski definition) is 3. The average molecular weight is 494 g/mol. The van der Waals surface area contributed by atoms with Crippen LogP contribution in [0.4, 0.5) is 0 Å². The van der Waals surface area contributed by atoms with Gasteiger partial charge in [-0.25, -0.2) is 0 Å². The molecule has 0 bridgehead atoms. The number of unbranched alkanes of at least 4 members (excludes halogenated alkanes) is 13. The van der Waals surface area contributed by atoms with Gasteiger partial charge in [-0.3, -0.25) is 4.79 Å². The SMILES string of the molecule is CCCCCCCCCC(CCCCCCCCC1CC1CCCCCC(=O)OCC)CN(C)C. The molecule has 0 N–H and O–H groups in total. The summed E-state index contributed by atoms with van der Waals surface area (Å²) < 4.78 is 5.00. The molecule has 1 aliphatic carbocycles. The van der Waals surface area contributed by atoms with Crippen LogP contribution in [0.3, 0.4) is 0 Å². The maximum absolute atomic E-state index is 11.4. The van der Waals surface area contributed by atoms with Gasteiger partial charge in [0.2, 0.25) is 0 Å². The molecule has 0 aromatic carbocycles. The van der Waals surface area contributed by atoms with Gasteiger partial charge in [-0.1, -0.05) is 116 Å². The fraction of sp³-hybridized carbons (Fsp3) is 0.969. The number of carbonyl (C=O) groups is 1. The van der Waals surface area contributed by atoms with E-state index in [1.165, 1.54) is 135 Å². The Balaban J connectivity index is 1.91. The standard InChI is InChI=1S/C32H63NO2/c1-5-7-8-9-10-13-17-22-29(28-33(3)4)23-18-14-11-12-15-19-24-30-27-31(30)25-20-16-21-26-32(34)35-6-2/h29-31H,5-28H2,1-4H3. The van der Waals surface area contributed by atoms with Crippen molar-refractivity contribution in [2.24, 2.45) is 17.8 Å². The van der Waals surface area contributed by atoms with Crippen molar-refractivity contribution in [2.75, 3.05) is 27.2 Å². The Hall–Kier alpha value is -0.570. The minimum Gasteiger partial charge on any atom is -0.466 e.